The van der Waals surface area contributed by atoms with Gasteiger partial charge >= 0.3 is 5.97 Å². The van der Waals surface area contributed by atoms with Crippen LogP contribution in [0.2, 0.25) is 0 Å². The quantitative estimate of drug-likeness (QED) is 0.122. The van der Waals surface area contributed by atoms with E-state index in [0.29, 0.717) is 19.3 Å². The van der Waals surface area contributed by atoms with Gasteiger partial charge in [0.15, 0.2) is 34.8 Å². The maximum atomic E-state index is 14.9. The smallest absolute Gasteiger partial charge is 0.314 e. The van der Waals surface area contributed by atoms with Gasteiger partial charge in [-0.15, -0.1) is 0 Å². The Kier molecular flexibility index (Phi) is 8.87. The molecule has 0 amide bonds. The lowest BCUT2D eigenvalue weighted by atomic mass is 9.78. The van der Waals surface area contributed by atoms with Crippen LogP contribution in [0.25, 0.3) is 11.1 Å². The van der Waals surface area contributed by atoms with E-state index in [2.05, 4.69) is 0 Å². The van der Waals surface area contributed by atoms with Gasteiger partial charge in [-0.05, 0) is 80.3 Å². The number of hydrogen-bond donors (Lipinski definition) is 0. The first-order chi connectivity index (χ1) is 18.6. The van der Waals surface area contributed by atoms with E-state index >= 15 is 0 Å². The lowest BCUT2D eigenvalue weighted by Crippen LogP contribution is -2.26. The Labute approximate surface area is 222 Å². The fourth-order valence-electron chi connectivity index (χ4n) is 4.80. The number of carbonyl (C=O) groups excluding carboxylic acids is 1. The van der Waals surface area contributed by atoms with Gasteiger partial charge in [-0.2, -0.15) is 8.78 Å². The SMILES string of the molecule is CCCCOc1ccc(-c2ccc(OC(=O)C3CCC(c4ccc(C)c(F)c4F)CC3)c(F)c2F)c(F)c1F. The van der Waals surface area contributed by atoms with Gasteiger partial charge in [-0.25, -0.2) is 17.6 Å². The Morgan fingerprint density at radius 2 is 1.33 bits per heavy atom. The predicted octanol–water partition coefficient (Wildman–Crippen LogP) is 8.55. The van der Waals surface area contributed by atoms with Crippen molar-refractivity contribution in [2.24, 2.45) is 5.92 Å². The Morgan fingerprint density at radius 3 is 1.95 bits per heavy atom. The monoisotopic (exact) mass is 550 g/mol. The van der Waals surface area contributed by atoms with Crippen molar-refractivity contribution in [1.82, 2.24) is 0 Å². The number of esters is 1. The number of unbranched alkanes of at least 4 members (excludes halogenated alkanes) is 1. The van der Waals surface area contributed by atoms with Crippen LogP contribution in [0.1, 0.15) is 62.5 Å². The molecule has 9 heteroatoms. The maximum absolute atomic E-state index is 14.9. The zero-order valence-electron chi connectivity index (χ0n) is 21.6. The summed E-state index contributed by atoms with van der Waals surface area (Å²) in [7, 11) is 0. The normalized spacial score (nSPS) is 17.2. The minimum atomic E-state index is -1.52. The molecule has 1 saturated carbocycles. The van der Waals surface area contributed by atoms with E-state index in [9.17, 15) is 31.1 Å². The second-order valence-corrected chi connectivity index (χ2v) is 9.75. The zero-order valence-corrected chi connectivity index (χ0v) is 21.6. The van der Waals surface area contributed by atoms with Crippen LogP contribution in [0.5, 0.6) is 11.5 Å². The van der Waals surface area contributed by atoms with Crippen LogP contribution in [-0.2, 0) is 4.79 Å². The second kappa shape index (κ2) is 12.1. The van der Waals surface area contributed by atoms with Gasteiger partial charge in [-0.3, -0.25) is 4.79 Å². The molecule has 0 atom stereocenters. The third kappa shape index (κ3) is 5.92. The largest absolute Gasteiger partial charge is 0.490 e. The Balaban J connectivity index is 1.44. The Hall–Kier alpha value is -3.49. The van der Waals surface area contributed by atoms with Crippen molar-refractivity contribution in [2.75, 3.05) is 6.61 Å². The molecule has 3 aromatic carbocycles. The Morgan fingerprint density at radius 1 is 0.744 bits per heavy atom. The highest BCUT2D eigenvalue weighted by molar-refractivity contribution is 5.76. The minimum Gasteiger partial charge on any atom is -0.490 e. The highest BCUT2D eigenvalue weighted by Gasteiger charge is 2.31. The second-order valence-electron chi connectivity index (χ2n) is 9.75. The number of halogens is 6. The lowest BCUT2D eigenvalue weighted by Gasteiger charge is -2.28. The number of ether oxygens (including phenoxy) is 2. The van der Waals surface area contributed by atoms with Crippen molar-refractivity contribution < 1.29 is 40.6 Å². The zero-order chi connectivity index (χ0) is 28.3. The molecule has 4 rings (SSSR count). The molecule has 39 heavy (non-hydrogen) atoms. The van der Waals surface area contributed by atoms with Crippen LogP contribution < -0.4 is 9.47 Å². The molecular weight excluding hydrogens is 522 g/mol. The number of rotatable bonds is 8. The Bertz CT molecular complexity index is 1370. The summed E-state index contributed by atoms with van der Waals surface area (Å²) in [6.07, 6.45) is 2.78. The minimum absolute atomic E-state index is 0.179. The molecule has 0 bridgehead atoms. The summed E-state index contributed by atoms with van der Waals surface area (Å²) in [5.74, 6) is -10.3. The molecule has 3 aromatic rings. The van der Waals surface area contributed by atoms with E-state index in [1.807, 2.05) is 6.92 Å². The highest BCUT2D eigenvalue weighted by atomic mass is 19.2. The van der Waals surface area contributed by atoms with Gasteiger partial charge in [0, 0.05) is 11.1 Å². The summed E-state index contributed by atoms with van der Waals surface area (Å²) in [4.78, 5) is 12.7. The van der Waals surface area contributed by atoms with Crippen LogP contribution in [0.15, 0.2) is 36.4 Å². The van der Waals surface area contributed by atoms with Gasteiger partial charge in [0.2, 0.25) is 11.6 Å². The van der Waals surface area contributed by atoms with Gasteiger partial charge in [0.05, 0.1) is 12.5 Å². The predicted molar refractivity (Wildman–Crippen MR) is 134 cm³/mol. The summed E-state index contributed by atoms with van der Waals surface area (Å²) in [6.45, 7) is 3.56. The molecule has 0 radical (unpaired) electrons. The molecule has 0 N–H and O–H groups in total. The van der Waals surface area contributed by atoms with E-state index in [4.69, 9.17) is 9.47 Å². The van der Waals surface area contributed by atoms with Gasteiger partial charge in [0.1, 0.15) is 0 Å². The molecule has 1 aliphatic carbocycles. The van der Waals surface area contributed by atoms with Crippen LogP contribution >= 0.6 is 0 Å². The first-order valence-electron chi connectivity index (χ1n) is 12.9. The van der Waals surface area contributed by atoms with Crippen molar-refractivity contribution >= 4 is 5.97 Å². The molecule has 1 aliphatic rings. The maximum Gasteiger partial charge on any atom is 0.314 e. The van der Waals surface area contributed by atoms with Crippen LogP contribution in [0.4, 0.5) is 26.3 Å². The van der Waals surface area contributed by atoms with Crippen molar-refractivity contribution in [3.63, 3.8) is 0 Å². The molecule has 0 heterocycles. The van der Waals surface area contributed by atoms with E-state index in [-0.39, 0.29) is 42.2 Å². The fraction of sp³-hybridized carbons (Fsp3) is 0.367. The van der Waals surface area contributed by atoms with Gasteiger partial charge in [0.25, 0.3) is 0 Å². The van der Waals surface area contributed by atoms with Gasteiger partial charge < -0.3 is 9.47 Å². The first-order valence-corrected chi connectivity index (χ1v) is 12.9. The molecule has 0 spiro atoms. The van der Waals surface area contributed by atoms with E-state index in [1.54, 1.807) is 6.07 Å². The highest BCUT2D eigenvalue weighted by Crippen LogP contribution is 2.39. The molecule has 208 valence electrons. The van der Waals surface area contributed by atoms with E-state index in [0.717, 1.165) is 30.7 Å². The van der Waals surface area contributed by atoms with Crippen LogP contribution in [0.3, 0.4) is 0 Å². The van der Waals surface area contributed by atoms with Crippen molar-refractivity contribution in [3.05, 3.63) is 82.4 Å². The van der Waals surface area contributed by atoms with Crippen LogP contribution in [-0.4, -0.2) is 12.6 Å². The topological polar surface area (TPSA) is 35.5 Å². The summed E-state index contributed by atoms with van der Waals surface area (Å²) in [5.41, 5.74) is -0.604. The molecule has 0 saturated heterocycles. The molecule has 0 unspecified atom stereocenters. The lowest BCUT2D eigenvalue weighted by molar-refractivity contribution is -0.140. The third-order valence-corrected chi connectivity index (χ3v) is 7.16. The summed E-state index contributed by atoms with van der Waals surface area (Å²) >= 11 is 0. The van der Waals surface area contributed by atoms with Gasteiger partial charge in [-0.1, -0.05) is 25.5 Å². The fourth-order valence-corrected chi connectivity index (χ4v) is 4.80. The number of carbonyl (C=O) groups is 1. The summed E-state index contributed by atoms with van der Waals surface area (Å²) < 4.78 is 97.4. The third-order valence-electron chi connectivity index (χ3n) is 7.16. The standard InChI is InChI=1S/C30H28F6O3/c1-3-4-15-38-22-13-11-20(26(33)28(22)35)21-12-14-23(29(36)27(21)34)39-30(37)18-8-6-17(7-9-18)19-10-5-16(2)24(31)25(19)32/h5,10-14,17-18H,3-4,6-9,15H2,1-2H3. The number of hydrogen-bond acceptors (Lipinski definition) is 3. The van der Waals surface area contributed by atoms with E-state index < -0.39 is 63.7 Å². The van der Waals surface area contributed by atoms with Crippen molar-refractivity contribution in [2.45, 2.75) is 58.3 Å². The first kappa shape index (κ1) is 28.5. The summed E-state index contributed by atoms with van der Waals surface area (Å²) in [5, 5.41) is 0. The summed E-state index contributed by atoms with van der Waals surface area (Å²) in [6, 6.07) is 7.25. The van der Waals surface area contributed by atoms with Crippen LogP contribution in [0, 0.1) is 47.7 Å². The average molecular weight is 551 g/mol. The molecule has 0 aromatic heterocycles. The number of benzene rings is 3. The van der Waals surface area contributed by atoms with Crippen molar-refractivity contribution in [3.8, 4) is 22.6 Å². The van der Waals surface area contributed by atoms with E-state index in [1.165, 1.54) is 13.0 Å². The molecule has 3 nitrogen and oxygen atoms in total. The molecule has 1 fully saturated rings. The number of aryl methyl sites for hydroxylation is 1. The average Bonchev–Trinajstić information content (AvgIpc) is 2.93. The molecule has 0 aliphatic heterocycles. The molecular formula is C30H28F6O3. The van der Waals surface area contributed by atoms with Crippen molar-refractivity contribution in [1.29, 1.82) is 0 Å².